The lowest BCUT2D eigenvalue weighted by Crippen LogP contribution is -2.40. The lowest BCUT2D eigenvalue weighted by atomic mass is 9.76. The maximum absolute atomic E-state index is 6.35. The molecule has 0 saturated carbocycles. The number of unbranched alkanes of at least 4 members (excludes halogenated alkanes) is 10. The van der Waals surface area contributed by atoms with Crippen molar-refractivity contribution in [2.75, 3.05) is 0 Å². The highest BCUT2D eigenvalue weighted by molar-refractivity contribution is 4.82. The van der Waals surface area contributed by atoms with E-state index in [1.807, 2.05) is 0 Å². The van der Waals surface area contributed by atoms with Crippen molar-refractivity contribution >= 4 is 0 Å². The van der Waals surface area contributed by atoms with Crippen LogP contribution in [0.2, 0.25) is 0 Å². The van der Waals surface area contributed by atoms with Crippen LogP contribution in [-0.2, 0) is 0 Å². The lowest BCUT2D eigenvalue weighted by molar-refractivity contribution is 0.217. The fourth-order valence-corrected chi connectivity index (χ4v) is 4.05. The largest absolute Gasteiger partial charge is 0.328 e. The molecule has 146 valence electrons. The summed E-state index contributed by atoms with van der Waals surface area (Å²) in [6, 6.07) is 0.550. The maximum Gasteiger partial charge on any atom is 0.00419 e. The van der Waals surface area contributed by atoms with E-state index in [4.69, 9.17) is 11.5 Å². The van der Waals surface area contributed by atoms with Crippen LogP contribution in [0, 0.1) is 11.8 Å². The second-order valence-electron chi connectivity index (χ2n) is 8.16. The molecule has 0 aliphatic heterocycles. The molecular formula is C22H48N2. The number of hydrogen-bond donors (Lipinski definition) is 2. The van der Waals surface area contributed by atoms with Crippen molar-refractivity contribution in [2.24, 2.45) is 23.3 Å². The van der Waals surface area contributed by atoms with Gasteiger partial charge in [0.25, 0.3) is 0 Å². The van der Waals surface area contributed by atoms with E-state index in [1.54, 1.807) is 0 Å². The first-order valence-electron chi connectivity index (χ1n) is 11.1. The minimum absolute atomic E-state index is 0.275. The van der Waals surface area contributed by atoms with Crippen LogP contribution in [0.5, 0.6) is 0 Å². The van der Waals surface area contributed by atoms with Gasteiger partial charge in [-0.2, -0.15) is 0 Å². The summed E-state index contributed by atoms with van der Waals surface area (Å²) < 4.78 is 0. The molecule has 0 aromatic rings. The first-order valence-corrected chi connectivity index (χ1v) is 11.1. The standard InChI is InChI=1S/C22H48N2/c1-5-7-9-11-13-15-17-21(19(3)23)22(20(4)24)18-16-14-12-10-8-6-2/h19-22H,5-18,23-24H2,1-4H3. The maximum atomic E-state index is 6.35. The Hall–Kier alpha value is -0.0800. The Bertz CT molecular complexity index is 224. The first kappa shape index (κ1) is 23.9. The second-order valence-corrected chi connectivity index (χ2v) is 8.16. The smallest absolute Gasteiger partial charge is 0.00419 e. The summed E-state index contributed by atoms with van der Waals surface area (Å²) in [5.74, 6) is 1.21. The van der Waals surface area contributed by atoms with Crippen LogP contribution in [0.4, 0.5) is 0 Å². The van der Waals surface area contributed by atoms with E-state index in [-0.39, 0.29) is 12.1 Å². The molecule has 0 spiro atoms. The summed E-state index contributed by atoms with van der Waals surface area (Å²) in [6.07, 6.45) is 18.9. The van der Waals surface area contributed by atoms with Crippen LogP contribution in [0.25, 0.3) is 0 Å². The molecule has 2 heteroatoms. The first-order chi connectivity index (χ1) is 11.5. The van der Waals surface area contributed by atoms with Crippen molar-refractivity contribution in [2.45, 2.75) is 130 Å². The summed E-state index contributed by atoms with van der Waals surface area (Å²) in [7, 11) is 0. The number of rotatable bonds is 17. The van der Waals surface area contributed by atoms with E-state index in [0.29, 0.717) is 11.8 Å². The van der Waals surface area contributed by atoms with Gasteiger partial charge in [-0.1, -0.05) is 90.9 Å². The highest BCUT2D eigenvalue weighted by Crippen LogP contribution is 2.29. The molecule has 0 saturated heterocycles. The zero-order chi connectivity index (χ0) is 18.2. The fourth-order valence-electron chi connectivity index (χ4n) is 4.05. The minimum Gasteiger partial charge on any atom is -0.328 e. The van der Waals surface area contributed by atoms with Gasteiger partial charge in [0, 0.05) is 12.1 Å². The molecule has 4 atom stereocenters. The number of hydrogen-bond acceptors (Lipinski definition) is 2. The Balaban J connectivity index is 4.16. The summed E-state index contributed by atoms with van der Waals surface area (Å²) in [5.41, 5.74) is 12.7. The van der Waals surface area contributed by atoms with Crippen LogP contribution in [0.3, 0.4) is 0 Å². The van der Waals surface area contributed by atoms with Crippen molar-refractivity contribution in [1.29, 1.82) is 0 Å². The number of nitrogens with two attached hydrogens (primary N) is 2. The Morgan fingerprint density at radius 2 is 0.792 bits per heavy atom. The van der Waals surface area contributed by atoms with Gasteiger partial charge in [0.15, 0.2) is 0 Å². The van der Waals surface area contributed by atoms with E-state index < -0.39 is 0 Å². The molecule has 0 fully saturated rings. The predicted octanol–water partition coefficient (Wildman–Crippen LogP) is 6.41. The Morgan fingerprint density at radius 1 is 0.500 bits per heavy atom. The molecular weight excluding hydrogens is 292 g/mol. The van der Waals surface area contributed by atoms with Crippen molar-refractivity contribution in [1.82, 2.24) is 0 Å². The van der Waals surface area contributed by atoms with Gasteiger partial charge in [-0.15, -0.1) is 0 Å². The van der Waals surface area contributed by atoms with E-state index in [1.165, 1.54) is 89.9 Å². The Morgan fingerprint density at radius 3 is 1.08 bits per heavy atom. The van der Waals surface area contributed by atoms with Crippen LogP contribution in [-0.4, -0.2) is 12.1 Å². The fraction of sp³-hybridized carbons (Fsp3) is 1.00. The van der Waals surface area contributed by atoms with Gasteiger partial charge in [-0.25, -0.2) is 0 Å². The third kappa shape index (κ3) is 12.3. The third-order valence-electron chi connectivity index (χ3n) is 5.68. The van der Waals surface area contributed by atoms with Gasteiger partial charge in [0.05, 0.1) is 0 Å². The van der Waals surface area contributed by atoms with Crippen molar-refractivity contribution in [3.63, 3.8) is 0 Å². The topological polar surface area (TPSA) is 52.0 Å². The van der Waals surface area contributed by atoms with Crippen LogP contribution < -0.4 is 11.5 Å². The second kappa shape index (κ2) is 16.4. The van der Waals surface area contributed by atoms with E-state index in [0.717, 1.165) is 0 Å². The lowest BCUT2D eigenvalue weighted by Gasteiger charge is -2.33. The van der Waals surface area contributed by atoms with Crippen LogP contribution in [0.15, 0.2) is 0 Å². The van der Waals surface area contributed by atoms with E-state index >= 15 is 0 Å². The van der Waals surface area contributed by atoms with Crippen molar-refractivity contribution in [3.8, 4) is 0 Å². The molecule has 0 amide bonds. The SMILES string of the molecule is CCCCCCCCC(C(C)N)C(CCCCCCCC)C(C)N. The average Bonchev–Trinajstić information content (AvgIpc) is 2.54. The highest BCUT2D eigenvalue weighted by atomic mass is 14.7. The molecule has 24 heavy (non-hydrogen) atoms. The molecule has 0 aromatic carbocycles. The molecule has 0 aliphatic rings. The van der Waals surface area contributed by atoms with Gasteiger partial charge >= 0.3 is 0 Å². The van der Waals surface area contributed by atoms with Crippen LogP contribution >= 0.6 is 0 Å². The zero-order valence-electron chi connectivity index (χ0n) is 17.4. The van der Waals surface area contributed by atoms with Crippen LogP contribution in [0.1, 0.15) is 118 Å². The third-order valence-corrected chi connectivity index (χ3v) is 5.68. The van der Waals surface area contributed by atoms with E-state index in [2.05, 4.69) is 27.7 Å². The summed E-state index contributed by atoms with van der Waals surface area (Å²) >= 11 is 0. The van der Waals surface area contributed by atoms with Crippen molar-refractivity contribution < 1.29 is 0 Å². The molecule has 0 rings (SSSR count). The van der Waals surface area contributed by atoms with Gasteiger partial charge in [-0.3, -0.25) is 0 Å². The summed E-state index contributed by atoms with van der Waals surface area (Å²) in [6.45, 7) is 8.94. The molecule has 0 aliphatic carbocycles. The minimum atomic E-state index is 0.275. The van der Waals surface area contributed by atoms with Crippen molar-refractivity contribution in [3.05, 3.63) is 0 Å². The highest BCUT2D eigenvalue weighted by Gasteiger charge is 2.26. The molecule has 2 nitrogen and oxygen atoms in total. The molecule has 0 heterocycles. The van der Waals surface area contributed by atoms with E-state index in [9.17, 15) is 0 Å². The molecule has 0 aromatic heterocycles. The average molecular weight is 341 g/mol. The monoisotopic (exact) mass is 340 g/mol. The molecule has 4 N–H and O–H groups in total. The molecule has 0 radical (unpaired) electrons. The zero-order valence-corrected chi connectivity index (χ0v) is 17.4. The quantitative estimate of drug-likeness (QED) is 0.300. The summed E-state index contributed by atoms with van der Waals surface area (Å²) in [4.78, 5) is 0. The van der Waals surface area contributed by atoms with Gasteiger partial charge in [0.1, 0.15) is 0 Å². The predicted molar refractivity (Wildman–Crippen MR) is 110 cm³/mol. The normalized spacial score (nSPS) is 16.8. The Kier molecular flexibility index (Phi) is 16.3. The van der Waals surface area contributed by atoms with Gasteiger partial charge in [0.2, 0.25) is 0 Å². The van der Waals surface area contributed by atoms with Gasteiger partial charge < -0.3 is 11.5 Å². The van der Waals surface area contributed by atoms with Gasteiger partial charge in [-0.05, 0) is 38.5 Å². The molecule has 0 bridgehead atoms. The molecule has 4 unspecified atom stereocenters. The Labute approximate surface area is 153 Å². The summed E-state index contributed by atoms with van der Waals surface area (Å²) in [5, 5.41) is 0.